The molecule has 34 heavy (non-hydrogen) atoms. The van der Waals surface area contributed by atoms with Crippen LogP contribution in [-0.4, -0.2) is 25.1 Å². The van der Waals surface area contributed by atoms with Crippen LogP contribution in [0.3, 0.4) is 0 Å². The van der Waals surface area contributed by atoms with E-state index in [1.807, 2.05) is 84.9 Å². The van der Waals surface area contributed by atoms with Crippen LogP contribution >= 0.6 is 0 Å². The molecule has 1 amide bonds. The molecule has 0 bridgehead atoms. The Kier molecular flexibility index (Phi) is 6.96. The van der Waals surface area contributed by atoms with Gasteiger partial charge in [-0.25, -0.2) is 5.43 Å². The monoisotopic (exact) mass is 470 g/mol. The van der Waals surface area contributed by atoms with Crippen LogP contribution in [0.4, 0.5) is 0 Å². The van der Waals surface area contributed by atoms with Crippen LogP contribution < -0.4 is 5.43 Å². The summed E-state index contributed by atoms with van der Waals surface area (Å²) in [5.41, 5.74) is 7.08. The summed E-state index contributed by atoms with van der Waals surface area (Å²) in [5.74, 6) is -0.252. The first-order valence-electron chi connectivity index (χ1n) is 10.5. The van der Waals surface area contributed by atoms with Crippen LogP contribution in [0.1, 0.15) is 11.1 Å². The highest BCUT2D eigenvalue weighted by Crippen LogP contribution is 2.35. The highest BCUT2D eigenvalue weighted by Gasteiger charge is 2.16. The molecule has 0 aliphatic rings. The van der Waals surface area contributed by atoms with Crippen LogP contribution in [0.5, 0.6) is 0 Å². The number of hydrazone groups is 1. The zero-order valence-electron chi connectivity index (χ0n) is 18.1. The van der Waals surface area contributed by atoms with Gasteiger partial charge in [0.1, 0.15) is 0 Å². The van der Waals surface area contributed by atoms with E-state index in [-0.39, 0.29) is 17.2 Å². The average Bonchev–Trinajstić information content (AvgIpc) is 2.84. The molecule has 0 fully saturated rings. The first-order valence-corrected chi connectivity index (χ1v) is 12.0. The molecule has 0 saturated heterocycles. The minimum atomic E-state index is -4.39. The van der Waals surface area contributed by atoms with Crippen molar-refractivity contribution in [1.82, 2.24) is 5.43 Å². The number of nitrogens with zero attached hydrogens (tertiary/aromatic N) is 1. The molecule has 0 saturated carbocycles. The number of benzene rings is 4. The minimum absolute atomic E-state index is 0.203. The fourth-order valence-corrected chi connectivity index (χ4v) is 4.13. The molecule has 6 nitrogen and oxygen atoms in total. The van der Waals surface area contributed by atoms with E-state index in [1.54, 1.807) is 6.07 Å². The van der Waals surface area contributed by atoms with Crippen LogP contribution in [0.25, 0.3) is 22.3 Å². The van der Waals surface area contributed by atoms with Gasteiger partial charge in [-0.15, -0.1) is 0 Å². The molecule has 7 heteroatoms. The van der Waals surface area contributed by atoms with Crippen molar-refractivity contribution in [2.75, 3.05) is 0 Å². The Morgan fingerprint density at radius 2 is 1.44 bits per heavy atom. The summed E-state index contributed by atoms with van der Waals surface area (Å²) in [7, 11) is -4.39. The average molecular weight is 471 g/mol. The molecule has 0 aliphatic carbocycles. The van der Waals surface area contributed by atoms with Crippen molar-refractivity contribution < 1.29 is 17.8 Å². The van der Waals surface area contributed by atoms with Crippen LogP contribution in [-0.2, 0) is 21.3 Å². The lowest BCUT2D eigenvalue weighted by atomic mass is 9.92. The maximum absolute atomic E-state index is 12.2. The second-order valence-electron chi connectivity index (χ2n) is 7.59. The van der Waals surface area contributed by atoms with Gasteiger partial charge in [-0.05, 0) is 39.9 Å². The maximum Gasteiger partial charge on any atom is 0.294 e. The Morgan fingerprint density at radius 1 is 0.794 bits per heavy atom. The predicted octanol–water partition coefficient (Wildman–Crippen LogP) is 4.96. The molecule has 2 N–H and O–H groups in total. The van der Waals surface area contributed by atoms with Crippen LogP contribution in [0.2, 0.25) is 0 Å². The van der Waals surface area contributed by atoms with E-state index in [1.165, 1.54) is 18.3 Å². The summed E-state index contributed by atoms with van der Waals surface area (Å²) < 4.78 is 33.3. The first kappa shape index (κ1) is 23.1. The molecule has 0 heterocycles. The van der Waals surface area contributed by atoms with Gasteiger partial charge in [-0.1, -0.05) is 91.0 Å². The van der Waals surface area contributed by atoms with E-state index in [4.69, 9.17) is 0 Å². The third-order valence-electron chi connectivity index (χ3n) is 5.23. The Bertz CT molecular complexity index is 1430. The minimum Gasteiger partial charge on any atom is -0.282 e. The number of hydrogen-bond acceptors (Lipinski definition) is 4. The fourth-order valence-electron chi connectivity index (χ4n) is 3.63. The standard InChI is InChI=1S/C27H22N2O4S/c30-27(17-20-9-3-1-4-10-20)29-28-19-22-13-7-8-14-24(22)26-18-23(34(31,32)33)15-16-25(26)21-11-5-2-6-12-21/h1-16,18-19H,17H2,(H,29,30)(H,31,32,33)/b28-19+. The van der Waals surface area contributed by atoms with Crippen molar-refractivity contribution in [3.8, 4) is 22.3 Å². The molecule has 170 valence electrons. The van der Waals surface area contributed by atoms with Gasteiger partial charge in [0.25, 0.3) is 10.1 Å². The maximum atomic E-state index is 12.2. The lowest BCUT2D eigenvalue weighted by molar-refractivity contribution is -0.120. The number of nitrogens with one attached hydrogen (secondary N) is 1. The Balaban J connectivity index is 1.69. The molecule has 0 aromatic heterocycles. The molecule has 0 aliphatic heterocycles. The van der Waals surface area contributed by atoms with Gasteiger partial charge in [0.15, 0.2) is 0 Å². The summed E-state index contributed by atoms with van der Waals surface area (Å²) in [6.07, 6.45) is 1.72. The van der Waals surface area contributed by atoms with Crippen LogP contribution in [0, 0.1) is 0 Å². The van der Waals surface area contributed by atoms with Crippen molar-refractivity contribution in [2.24, 2.45) is 5.10 Å². The SMILES string of the molecule is O=C(Cc1ccccc1)N/N=C/c1ccccc1-c1cc(S(=O)(=O)O)ccc1-c1ccccc1. The van der Waals surface area contributed by atoms with Gasteiger partial charge < -0.3 is 0 Å². The molecule has 4 aromatic carbocycles. The van der Waals surface area contributed by atoms with Gasteiger partial charge in [-0.3, -0.25) is 9.35 Å². The molecular formula is C27H22N2O4S. The van der Waals surface area contributed by atoms with Gasteiger partial charge in [0, 0.05) is 5.56 Å². The van der Waals surface area contributed by atoms with Gasteiger partial charge in [-0.2, -0.15) is 13.5 Å². The third kappa shape index (κ3) is 5.64. The molecule has 0 spiro atoms. The number of rotatable bonds is 7. The molecule has 0 radical (unpaired) electrons. The third-order valence-corrected chi connectivity index (χ3v) is 6.07. The Hall–Kier alpha value is -4.07. The van der Waals surface area contributed by atoms with Gasteiger partial charge >= 0.3 is 0 Å². The molecule has 4 aromatic rings. The summed E-state index contributed by atoms with van der Waals surface area (Å²) in [6.45, 7) is 0. The summed E-state index contributed by atoms with van der Waals surface area (Å²) in [4.78, 5) is 12.0. The highest BCUT2D eigenvalue weighted by molar-refractivity contribution is 7.85. The lowest BCUT2D eigenvalue weighted by Gasteiger charge is -2.14. The normalized spacial score (nSPS) is 11.4. The van der Waals surface area contributed by atoms with Crippen molar-refractivity contribution in [2.45, 2.75) is 11.3 Å². The van der Waals surface area contributed by atoms with Crippen molar-refractivity contribution in [3.05, 3.63) is 114 Å². The second-order valence-corrected chi connectivity index (χ2v) is 9.01. The van der Waals surface area contributed by atoms with E-state index >= 15 is 0 Å². The van der Waals surface area contributed by atoms with Gasteiger partial charge in [0.2, 0.25) is 5.91 Å². The van der Waals surface area contributed by atoms with E-state index < -0.39 is 10.1 Å². The fraction of sp³-hybridized carbons (Fsp3) is 0.0370. The quantitative estimate of drug-likeness (QED) is 0.227. The second kappa shape index (κ2) is 10.2. The molecule has 4 rings (SSSR count). The topological polar surface area (TPSA) is 95.8 Å². The zero-order chi connectivity index (χ0) is 24.0. The van der Waals surface area contributed by atoms with Crippen molar-refractivity contribution in [1.29, 1.82) is 0 Å². The number of carbonyl (C=O) groups is 1. The largest absolute Gasteiger partial charge is 0.294 e. The number of amides is 1. The summed E-state index contributed by atoms with van der Waals surface area (Å²) in [6, 6.07) is 30.7. The zero-order valence-corrected chi connectivity index (χ0v) is 18.9. The van der Waals surface area contributed by atoms with E-state index in [0.29, 0.717) is 16.7 Å². The van der Waals surface area contributed by atoms with E-state index in [0.717, 1.165) is 16.7 Å². The summed E-state index contributed by atoms with van der Waals surface area (Å²) >= 11 is 0. The Labute approximate surface area is 198 Å². The molecule has 0 unspecified atom stereocenters. The van der Waals surface area contributed by atoms with E-state index in [9.17, 15) is 17.8 Å². The Morgan fingerprint density at radius 3 is 2.15 bits per heavy atom. The first-order chi connectivity index (χ1) is 16.4. The number of carbonyl (C=O) groups excluding carboxylic acids is 1. The van der Waals surface area contributed by atoms with Crippen LogP contribution in [0.15, 0.2) is 113 Å². The highest BCUT2D eigenvalue weighted by atomic mass is 32.2. The van der Waals surface area contributed by atoms with Crippen molar-refractivity contribution in [3.63, 3.8) is 0 Å². The van der Waals surface area contributed by atoms with Crippen molar-refractivity contribution >= 4 is 22.2 Å². The molecular weight excluding hydrogens is 448 g/mol. The number of hydrogen-bond donors (Lipinski definition) is 2. The van der Waals surface area contributed by atoms with E-state index in [2.05, 4.69) is 10.5 Å². The summed E-state index contributed by atoms with van der Waals surface area (Å²) in [5, 5.41) is 4.11. The lowest BCUT2D eigenvalue weighted by Crippen LogP contribution is -2.19. The predicted molar refractivity (Wildman–Crippen MR) is 133 cm³/mol. The van der Waals surface area contributed by atoms with Gasteiger partial charge in [0.05, 0.1) is 17.5 Å². The molecule has 0 atom stereocenters. The smallest absolute Gasteiger partial charge is 0.282 e.